The summed E-state index contributed by atoms with van der Waals surface area (Å²) in [6, 6.07) is 11.9. The number of nitrogens with two attached hydrogens (primary N) is 1. The Bertz CT molecular complexity index is 1370. The van der Waals surface area contributed by atoms with E-state index in [1.54, 1.807) is 30.5 Å². The van der Waals surface area contributed by atoms with Crippen molar-refractivity contribution < 1.29 is 36.6 Å². The quantitative estimate of drug-likeness (QED) is 0.229. The highest BCUT2D eigenvalue weighted by Gasteiger charge is 2.38. The van der Waals surface area contributed by atoms with Crippen LogP contribution in [-0.4, -0.2) is 43.0 Å². The van der Waals surface area contributed by atoms with E-state index < -0.39 is 23.8 Å². The lowest BCUT2D eigenvalue weighted by Gasteiger charge is -2.08. The Balaban J connectivity index is 0.000000454. The van der Waals surface area contributed by atoms with Gasteiger partial charge >= 0.3 is 12.1 Å². The Hall–Kier alpha value is -4.75. The molecule has 0 aliphatic carbocycles. The first-order valence-electron chi connectivity index (χ1n) is 9.93. The summed E-state index contributed by atoms with van der Waals surface area (Å²) in [4.78, 5) is 21.8. The number of aliphatic carboxylic acids is 1. The van der Waals surface area contributed by atoms with Gasteiger partial charge in [-0.25, -0.2) is 18.3 Å². The van der Waals surface area contributed by atoms with Crippen molar-refractivity contribution in [2.24, 2.45) is 0 Å². The number of alkyl halides is 3. The molecule has 0 bridgehead atoms. The van der Waals surface area contributed by atoms with E-state index >= 15 is 0 Å². The zero-order valence-corrected chi connectivity index (χ0v) is 18.1. The molecule has 188 valence electrons. The molecule has 0 saturated carbocycles. The Morgan fingerprint density at radius 2 is 1.83 bits per heavy atom. The lowest BCUT2D eigenvalue weighted by Crippen LogP contribution is -2.21. The molecular weight excluding hydrogens is 491 g/mol. The average molecular weight is 508 g/mol. The number of hydrogen-bond donors (Lipinski definition) is 4. The van der Waals surface area contributed by atoms with Crippen LogP contribution in [0.25, 0.3) is 5.69 Å². The molecule has 0 atom stereocenters. The summed E-state index contributed by atoms with van der Waals surface area (Å²) in [5.74, 6) is -3.92. The van der Waals surface area contributed by atoms with Crippen LogP contribution in [0.15, 0.2) is 60.9 Å². The van der Waals surface area contributed by atoms with Crippen molar-refractivity contribution in [3.05, 3.63) is 89.2 Å². The molecule has 14 heteroatoms. The van der Waals surface area contributed by atoms with Crippen LogP contribution in [0.2, 0.25) is 0 Å². The number of carboxylic acid groups (broad SMARTS) is 1. The number of hydrogen-bond acceptors (Lipinski definition) is 6. The van der Waals surface area contributed by atoms with Crippen LogP contribution in [-0.2, 0) is 11.3 Å². The minimum Gasteiger partial charge on any atom is -0.475 e. The number of H-pyrrole nitrogens is 1. The number of benzene rings is 2. The number of ketones is 1. The van der Waals surface area contributed by atoms with Gasteiger partial charge in [0.2, 0.25) is 0 Å². The van der Waals surface area contributed by atoms with Gasteiger partial charge in [0.05, 0.1) is 18.0 Å². The fraction of sp³-hybridized carbons (Fsp3) is 0.0909. The maximum atomic E-state index is 14.0. The number of aromatic nitrogens is 4. The van der Waals surface area contributed by atoms with E-state index in [1.807, 2.05) is 6.07 Å². The molecule has 2 aromatic heterocycles. The molecule has 2 heterocycles. The molecule has 0 amide bonds. The Morgan fingerprint density at radius 3 is 2.44 bits per heavy atom. The highest BCUT2D eigenvalue weighted by atomic mass is 19.4. The highest BCUT2D eigenvalue weighted by Crippen LogP contribution is 2.23. The maximum Gasteiger partial charge on any atom is 0.490 e. The van der Waals surface area contributed by atoms with E-state index in [-0.39, 0.29) is 22.9 Å². The van der Waals surface area contributed by atoms with Crippen LogP contribution in [0.1, 0.15) is 21.5 Å². The monoisotopic (exact) mass is 508 g/mol. The average Bonchev–Trinajstić information content (AvgIpc) is 3.47. The number of carbonyl (C=O) groups excluding carboxylic acids is 1. The van der Waals surface area contributed by atoms with Gasteiger partial charge in [-0.15, -0.1) is 0 Å². The van der Waals surface area contributed by atoms with Crippen molar-refractivity contribution in [3.63, 3.8) is 0 Å². The number of anilines is 2. The SMILES string of the molecule is Nc1c(C(=O)c2cccc(CNc3ccn[nH]3)c2)cnn1-c1ccc(F)cc1F.O=C(O)C(F)(F)F. The smallest absolute Gasteiger partial charge is 0.475 e. The maximum absolute atomic E-state index is 14.0. The molecule has 0 radical (unpaired) electrons. The number of halogens is 5. The number of nitrogens with zero attached hydrogens (tertiary/aromatic N) is 3. The summed E-state index contributed by atoms with van der Waals surface area (Å²) in [6.07, 6.45) is -2.18. The predicted octanol–water partition coefficient (Wildman–Crippen LogP) is 3.93. The van der Waals surface area contributed by atoms with Crippen LogP contribution < -0.4 is 11.1 Å². The molecule has 0 aliphatic rings. The van der Waals surface area contributed by atoms with Gasteiger partial charge in [-0.2, -0.15) is 23.4 Å². The van der Waals surface area contributed by atoms with E-state index in [4.69, 9.17) is 15.6 Å². The summed E-state index contributed by atoms with van der Waals surface area (Å²) < 4.78 is 60.0. The Kier molecular flexibility index (Phi) is 7.67. The summed E-state index contributed by atoms with van der Waals surface area (Å²) >= 11 is 0. The second-order valence-electron chi connectivity index (χ2n) is 7.11. The molecule has 5 N–H and O–H groups in total. The zero-order chi connectivity index (χ0) is 26.5. The van der Waals surface area contributed by atoms with Gasteiger partial charge < -0.3 is 16.2 Å². The van der Waals surface area contributed by atoms with E-state index in [9.17, 15) is 26.7 Å². The van der Waals surface area contributed by atoms with Gasteiger partial charge in [0, 0.05) is 18.2 Å². The lowest BCUT2D eigenvalue weighted by molar-refractivity contribution is -0.192. The second kappa shape index (κ2) is 10.7. The molecule has 4 rings (SSSR count). The molecule has 0 unspecified atom stereocenters. The summed E-state index contributed by atoms with van der Waals surface area (Å²) in [5, 5.41) is 20.9. The van der Waals surface area contributed by atoms with Gasteiger partial charge in [-0.3, -0.25) is 9.89 Å². The number of rotatable bonds is 6. The first-order valence-corrected chi connectivity index (χ1v) is 9.93. The van der Waals surface area contributed by atoms with E-state index in [0.29, 0.717) is 12.1 Å². The molecule has 9 nitrogen and oxygen atoms in total. The fourth-order valence-electron chi connectivity index (χ4n) is 2.91. The van der Waals surface area contributed by atoms with E-state index in [1.165, 1.54) is 12.3 Å². The molecule has 2 aromatic carbocycles. The van der Waals surface area contributed by atoms with Crippen molar-refractivity contribution in [1.29, 1.82) is 0 Å². The van der Waals surface area contributed by atoms with Crippen LogP contribution in [0.5, 0.6) is 0 Å². The van der Waals surface area contributed by atoms with Crippen LogP contribution >= 0.6 is 0 Å². The van der Waals surface area contributed by atoms with Crippen molar-refractivity contribution in [2.75, 3.05) is 11.1 Å². The third-order valence-corrected chi connectivity index (χ3v) is 4.60. The lowest BCUT2D eigenvalue weighted by atomic mass is 10.0. The minimum atomic E-state index is -5.08. The van der Waals surface area contributed by atoms with E-state index in [2.05, 4.69) is 20.6 Å². The number of nitrogens with one attached hydrogen (secondary N) is 2. The third kappa shape index (κ3) is 6.22. The molecule has 36 heavy (non-hydrogen) atoms. The minimum absolute atomic E-state index is 0.0264. The standard InChI is InChI=1S/C20H16F2N6O.C2HF3O2/c21-14-4-5-17(16(22)9-14)28-20(23)15(11-26-28)19(29)13-3-1-2-12(8-13)10-24-18-6-7-25-27-18;3-2(4,5)1(6)7/h1-9,11H,10,23H2,(H2,24,25,27);(H,6,7). The van der Waals surface area contributed by atoms with Crippen LogP contribution in [0.3, 0.4) is 0 Å². The van der Waals surface area contributed by atoms with Crippen molar-refractivity contribution >= 4 is 23.4 Å². The summed E-state index contributed by atoms with van der Waals surface area (Å²) in [6.45, 7) is 0.485. The molecular formula is C22H17F5N6O3. The normalized spacial score (nSPS) is 10.9. The Morgan fingerprint density at radius 1 is 1.11 bits per heavy atom. The van der Waals surface area contributed by atoms with Crippen LogP contribution in [0, 0.1) is 11.6 Å². The predicted molar refractivity (Wildman–Crippen MR) is 117 cm³/mol. The first kappa shape index (κ1) is 25.9. The largest absolute Gasteiger partial charge is 0.490 e. The van der Waals surface area contributed by atoms with Gasteiger partial charge in [0.1, 0.15) is 23.1 Å². The number of aromatic amines is 1. The molecule has 0 fully saturated rings. The van der Waals surface area contributed by atoms with Crippen LogP contribution in [0.4, 0.5) is 33.6 Å². The van der Waals surface area contributed by atoms with Gasteiger partial charge in [0.25, 0.3) is 0 Å². The number of nitrogen functional groups attached to an aromatic ring is 1. The fourth-order valence-corrected chi connectivity index (χ4v) is 2.91. The Labute approximate surface area is 199 Å². The number of carboxylic acids is 1. The van der Waals surface area contributed by atoms with Gasteiger partial charge in [-0.1, -0.05) is 18.2 Å². The van der Waals surface area contributed by atoms with Gasteiger partial charge in [-0.05, 0) is 29.8 Å². The third-order valence-electron chi connectivity index (χ3n) is 4.60. The summed E-state index contributed by atoms with van der Waals surface area (Å²) in [5.41, 5.74) is 7.42. The first-order chi connectivity index (χ1) is 17.0. The van der Waals surface area contributed by atoms with Crippen molar-refractivity contribution in [1.82, 2.24) is 20.0 Å². The van der Waals surface area contributed by atoms with E-state index in [0.717, 1.165) is 28.2 Å². The molecule has 0 spiro atoms. The summed E-state index contributed by atoms with van der Waals surface area (Å²) in [7, 11) is 0. The number of carbonyl (C=O) groups is 2. The molecule has 0 aliphatic heterocycles. The second-order valence-corrected chi connectivity index (χ2v) is 7.11. The highest BCUT2D eigenvalue weighted by molar-refractivity contribution is 6.11. The molecule has 0 saturated heterocycles. The molecule has 4 aromatic rings. The van der Waals surface area contributed by atoms with Gasteiger partial charge in [0.15, 0.2) is 11.6 Å². The van der Waals surface area contributed by atoms with Crippen molar-refractivity contribution in [2.45, 2.75) is 12.7 Å². The van der Waals surface area contributed by atoms with Crippen molar-refractivity contribution in [3.8, 4) is 5.69 Å². The topological polar surface area (TPSA) is 139 Å². The zero-order valence-electron chi connectivity index (χ0n) is 18.1.